The molecule has 0 saturated carbocycles. The van der Waals surface area contributed by atoms with E-state index in [1.165, 1.54) is 0 Å². The monoisotopic (exact) mass is 229 g/mol. The van der Waals surface area contributed by atoms with Gasteiger partial charge < -0.3 is 10.4 Å². The van der Waals surface area contributed by atoms with Crippen LogP contribution < -0.4 is 5.32 Å². The molecule has 1 aromatic heterocycles. The molecule has 0 amide bonds. The minimum atomic E-state index is 0.282. The summed E-state index contributed by atoms with van der Waals surface area (Å²) in [7, 11) is 0. The second-order valence-corrected chi connectivity index (χ2v) is 4.52. The number of hydrogen-bond acceptors (Lipinski definition) is 3. The van der Waals surface area contributed by atoms with Gasteiger partial charge >= 0.3 is 0 Å². The Kier molecular flexibility index (Phi) is 2.28. The standard InChI is InChI=1S/C13H15N3O/c1-9-6-7-16-13(14-9)8-12(15-16)10-2-4-11(17)5-3-10/h2-5,8-9,14,17H,6-7H2,1H3. The molecule has 2 aromatic rings. The highest BCUT2D eigenvalue weighted by Crippen LogP contribution is 2.26. The van der Waals surface area contributed by atoms with Gasteiger partial charge in [0.25, 0.3) is 0 Å². The van der Waals surface area contributed by atoms with Crippen molar-refractivity contribution in [2.45, 2.75) is 25.9 Å². The molecule has 2 N–H and O–H groups in total. The Morgan fingerprint density at radius 2 is 2.12 bits per heavy atom. The quantitative estimate of drug-likeness (QED) is 0.789. The summed E-state index contributed by atoms with van der Waals surface area (Å²) in [5.41, 5.74) is 1.97. The maximum Gasteiger partial charge on any atom is 0.125 e. The van der Waals surface area contributed by atoms with Gasteiger partial charge in [-0.2, -0.15) is 5.10 Å². The smallest absolute Gasteiger partial charge is 0.125 e. The number of aryl methyl sites for hydroxylation is 1. The Labute approximate surface area is 99.9 Å². The summed E-state index contributed by atoms with van der Waals surface area (Å²) in [5.74, 6) is 1.36. The molecule has 1 aliphatic rings. The summed E-state index contributed by atoms with van der Waals surface area (Å²) in [5, 5.41) is 17.2. The molecule has 3 rings (SSSR count). The normalized spacial score (nSPS) is 18.5. The van der Waals surface area contributed by atoms with Gasteiger partial charge in [-0.05, 0) is 37.6 Å². The molecule has 1 atom stereocenters. The van der Waals surface area contributed by atoms with Gasteiger partial charge in [0.2, 0.25) is 0 Å². The Bertz CT molecular complexity index is 530. The maximum atomic E-state index is 9.26. The fourth-order valence-corrected chi connectivity index (χ4v) is 2.12. The van der Waals surface area contributed by atoms with Crippen molar-refractivity contribution in [2.75, 3.05) is 5.32 Å². The zero-order valence-corrected chi connectivity index (χ0v) is 9.72. The average Bonchev–Trinajstić information content (AvgIpc) is 2.72. The van der Waals surface area contributed by atoms with Crippen molar-refractivity contribution in [1.82, 2.24) is 9.78 Å². The third-order valence-corrected chi connectivity index (χ3v) is 3.11. The SMILES string of the molecule is CC1CCn2nc(-c3ccc(O)cc3)cc2N1. The van der Waals surface area contributed by atoms with E-state index in [1.54, 1.807) is 12.1 Å². The van der Waals surface area contributed by atoms with Crippen LogP contribution in [0.15, 0.2) is 30.3 Å². The van der Waals surface area contributed by atoms with Gasteiger partial charge in [-0.3, -0.25) is 0 Å². The minimum absolute atomic E-state index is 0.282. The number of fused-ring (bicyclic) bond motifs is 1. The van der Waals surface area contributed by atoms with Crippen LogP contribution in [0.2, 0.25) is 0 Å². The second kappa shape index (κ2) is 3.80. The highest BCUT2D eigenvalue weighted by atomic mass is 16.3. The number of rotatable bonds is 1. The summed E-state index contributed by atoms with van der Waals surface area (Å²) in [6.07, 6.45) is 1.10. The number of benzene rings is 1. The van der Waals surface area contributed by atoms with Crippen LogP contribution in [0.4, 0.5) is 5.82 Å². The summed E-state index contributed by atoms with van der Waals surface area (Å²) in [6, 6.07) is 9.70. The van der Waals surface area contributed by atoms with Crippen LogP contribution >= 0.6 is 0 Å². The van der Waals surface area contributed by atoms with E-state index in [-0.39, 0.29) is 5.75 Å². The van der Waals surface area contributed by atoms with Crippen molar-refractivity contribution in [3.63, 3.8) is 0 Å². The van der Waals surface area contributed by atoms with E-state index in [0.29, 0.717) is 6.04 Å². The molecule has 1 aliphatic heterocycles. The number of phenolic OH excluding ortho intramolecular Hbond substituents is 1. The molecular weight excluding hydrogens is 214 g/mol. The van der Waals surface area contributed by atoms with Crippen LogP contribution in [-0.2, 0) is 6.54 Å². The number of anilines is 1. The van der Waals surface area contributed by atoms with Crippen molar-refractivity contribution < 1.29 is 5.11 Å². The Morgan fingerprint density at radius 3 is 2.88 bits per heavy atom. The topological polar surface area (TPSA) is 50.1 Å². The van der Waals surface area contributed by atoms with Crippen LogP contribution in [-0.4, -0.2) is 20.9 Å². The highest BCUT2D eigenvalue weighted by Gasteiger charge is 2.16. The summed E-state index contributed by atoms with van der Waals surface area (Å²) < 4.78 is 2.00. The molecule has 1 unspecified atom stereocenters. The molecule has 0 bridgehead atoms. The molecule has 4 heteroatoms. The van der Waals surface area contributed by atoms with Gasteiger partial charge in [0.15, 0.2) is 0 Å². The van der Waals surface area contributed by atoms with E-state index in [9.17, 15) is 5.11 Å². The number of aromatic hydroxyl groups is 1. The molecule has 4 nitrogen and oxygen atoms in total. The predicted molar refractivity (Wildman–Crippen MR) is 67.0 cm³/mol. The van der Waals surface area contributed by atoms with E-state index in [1.807, 2.05) is 16.8 Å². The third kappa shape index (κ3) is 1.86. The van der Waals surface area contributed by atoms with E-state index in [2.05, 4.69) is 23.4 Å². The predicted octanol–water partition coefficient (Wildman–Crippen LogP) is 2.46. The number of nitrogens with zero attached hydrogens (tertiary/aromatic N) is 2. The van der Waals surface area contributed by atoms with Crippen LogP contribution in [0, 0.1) is 0 Å². The first kappa shape index (κ1) is 10.2. The van der Waals surface area contributed by atoms with Crippen molar-refractivity contribution in [3.05, 3.63) is 30.3 Å². The average molecular weight is 229 g/mol. The first-order chi connectivity index (χ1) is 8.22. The zero-order valence-electron chi connectivity index (χ0n) is 9.72. The number of hydrogen-bond donors (Lipinski definition) is 2. The minimum Gasteiger partial charge on any atom is -0.508 e. The molecule has 0 aliphatic carbocycles. The van der Waals surface area contributed by atoms with Crippen LogP contribution in [0.5, 0.6) is 5.75 Å². The van der Waals surface area contributed by atoms with Gasteiger partial charge in [0.05, 0.1) is 5.69 Å². The molecule has 0 radical (unpaired) electrons. The molecule has 17 heavy (non-hydrogen) atoms. The van der Waals surface area contributed by atoms with Gasteiger partial charge in [0.1, 0.15) is 11.6 Å². The Morgan fingerprint density at radius 1 is 1.35 bits per heavy atom. The van der Waals surface area contributed by atoms with Gasteiger partial charge in [-0.15, -0.1) is 0 Å². The molecule has 0 fully saturated rings. The van der Waals surface area contributed by atoms with E-state index in [0.717, 1.165) is 30.0 Å². The van der Waals surface area contributed by atoms with E-state index < -0.39 is 0 Å². The number of nitrogens with one attached hydrogen (secondary N) is 1. The van der Waals surface area contributed by atoms with Crippen molar-refractivity contribution in [1.29, 1.82) is 0 Å². The lowest BCUT2D eigenvalue weighted by atomic mass is 10.1. The van der Waals surface area contributed by atoms with Crippen LogP contribution in [0.1, 0.15) is 13.3 Å². The van der Waals surface area contributed by atoms with Crippen molar-refractivity contribution in [2.24, 2.45) is 0 Å². The first-order valence-corrected chi connectivity index (χ1v) is 5.86. The van der Waals surface area contributed by atoms with Crippen LogP contribution in [0.3, 0.4) is 0 Å². The van der Waals surface area contributed by atoms with Crippen molar-refractivity contribution >= 4 is 5.82 Å². The van der Waals surface area contributed by atoms with Gasteiger partial charge in [0, 0.05) is 24.2 Å². The zero-order chi connectivity index (χ0) is 11.8. The second-order valence-electron chi connectivity index (χ2n) is 4.52. The van der Waals surface area contributed by atoms with Gasteiger partial charge in [-0.25, -0.2) is 4.68 Å². The lowest BCUT2D eigenvalue weighted by Crippen LogP contribution is -2.25. The lowest BCUT2D eigenvalue weighted by molar-refractivity contribution is 0.475. The summed E-state index contributed by atoms with van der Waals surface area (Å²) in [6.45, 7) is 3.14. The molecule has 0 spiro atoms. The first-order valence-electron chi connectivity index (χ1n) is 5.86. The molecule has 2 heterocycles. The summed E-state index contributed by atoms with van der Waals surface area (Å²) in [4.78, 5) is 0. The highest BCUT2D eigenvalue weighted by molar-refractivity contribution is 5.64. The molecular formula is C13H15N3O. The summed E-state index contributed by atoms with van der Waals surface area (Å²) >= 11 is 0. The lowest BCUT2D eigenvalue weighted by Gasteiger charge is -2.21. The fraction of sp³-hybridized carbons (Fsp3) is 0.308. The third-order valence-electron chi connectivity index (χ3n) is 3.11. The largest absolute Gasteiger partial charge is 0.508 e. The Hall–Kier alpha value is -1.97. The molecule has 0 saturated heterocycles. The van der Waals surface area contributed by atoms with Crippen LogP contribution in [0.25, 0.3) is 11.3 Å². The van der Waals surface area contributed by atoms with E-state index >= 15 is 0 Å². The fourth-order valence-electron chi connectivity index (χ4n) is 2.12. The molecule has 1 aromatic carbocycles. The van der Waals surface area contributed by atoms with Crippen molar-refractivity contribution in [3.8, 4) is 17.0 Å². The maximum absolute atomic E-state index is 9.26. The number of phenols is 1. The van der Waals surface area contributed by atoms with E-state index in [4.69, 9.17) is 0 Å². The Balaban J connectivity index is 1.97. The molecule has 88 valence electrons. The number of aromatic nitrogens is 2. The van der Waals surface area contributed by atoms with Gasteiger partial charge in [-0.1, -0.05) is 0 Å².